The van der Waals surface area contributed by atoms with Crippen molar-refractivity contribution in [2.24, 2.45) is 11.5 Å². The summed E-state index contributed by atoms with van der Waals surface area (Å²) in [6, 6.07) is -5.74. The summed E-state index contributed by atoms with van der Waals surface area (Å²) in [5, 5.41) is 30.7. The molecule has 0 fully saturated rings. The molecular weight excluding hydrogens is 356 g/mol. The summed E-state index contributed by atoms with van der Waals surface area (Å²) in [6.45, 7) is 0.426. The van der Waals surface area contributed by atoms with E-state index in [9.17, 15) is 29.1 Å². The highest BCUT2D eigenvalue weighted by Crippen LogP contribution is 1.96. The average molecular weight is 378 g/mol. The maximum Gasteiger partial charge on any atom is 0.328 e. The first-order valence-electron chi connectivity index (χ1n) is 7.21. The normalized spacial score (nSPS) is 14.9. The summed E-state index contributed by atoms with van der Waals surface area (Å²) in [4.78, 5) is 57.0. The Morgan fingerprint density at radius 1 is 1.04 bits per heavy atom. The number of hydrazine groups is 1. The minimum absolute atomic E-state index is 0.673. The van der Waals surface area contributed by atoms with E-state index in [1.165, 1.54) is 0 Å². The van der Waals surface area contributed by atoms with Gasteiger partial charge in [0.15, 0.2) is 6.04 Å². The van der Waals surface area contributed by atoms with Crippen molar-refractivity contribution in [2.45, 2.75) is 37.6 Å². The molecule has 0 saturated carbocycles. The molecule has 0 spiro atoms. The highest BCUT2D eigenvalue weighted by atomic mass is 16.4. The number of hydrogen-bond donors (Lipinski definition) is 9. The van der Waals surface area contributed by atoms with Crippen molar-refractivity contribution >= 4 is 29.7 Å². The van der Waals surface area contributed by atoms with Gasteiger partial charge in [-0.3, -0.25) is 25.2 Å². The number of carboxylic acid groups (broad SMARTS) is 1. The monoisotopic (exact) mass is 378 g/mol. The lowest BCUT2D eigenvalue weighted by Gasteiger charge is -2.21. The van der Waals surface area contributed by atoms with Crippen LogP contribution in [0.3, 0.4) is 0 Å². The number of carbonyl (C=O) groups is 5. The van der Waals surface area contributed by atoms with Gasteiger partial charge in [0.1, 0.15) is 12.1 Å². The van der Waals surface area contributed by atoms with Gasteiger partial charge < -0.3 is 37.4 Å². The predicted molar refractivity (Wildman–Crippen MR) is 83.7 cm³/mol. The van der Waals surface area contributed by atoms with E-state index in [0.717, 1.165) is 6.92 Å². The molecule has 5 amide bonds. The minimum Gasteiger partial charge on any atom is -0.480 e. The van der Waals surface area contributed by atoms with Crippen LogP contribution in [0.4, 0.5) is 4.79 Å². The largest absolute Gasteiger partial charge is 0.480 e. The summed E-state index contributed by atoms with van der Waals surface area (Å²) >= 11 is 0. The second-order valence-electron chi connectivity index (χ2n) is 5.16. The van der Waals surface area contributed by atoms with Crippen molar-refractivity contribution in [3.05, 3.63) is 0 Å². The standard InChI is InChI=1S/C12H22N6O8/c1-4(20)8(11(24)25)16-12(26)15-6(2-7(14)21)10(23)18-17-9(22)5(13)3-19/h4-6,8,19-20H,2-3,13H2,1H3,(H2,14,21)(H,17,22)(H,18,23)(H,24,25)(H2,15,16,26)/t4-,5+,6+,8+/m1/s1. The van der Waals surface area contributed by atoms with Gasteiger partial charge in [0.2, 0.25) is 5.91 Å². The van der Waals surface area contributed by atoms with Crippen molar-refractivity contribution < 1.29 is 39.3 Å². The molecule has 0 aliphatic rings. The number of amides is 5. The Labute approximate surface area is 147 Å². The molecule has 14 heteroatoms. The van der Waals surface area contributed by atoms with Gasteiger partial charge in [-0.25, -0.2) is 9.59 Å². The molecule has 0 radical (unpaired) electrons. The first-order valence-corrected chi connectivity index (χ1v) is 7.21. The zero-order chi connectivity index (χ0) is 20.4. The Bertz CT molecular complexity index is 554. The van der Waals surface area contributed by atoms with Crippen LogP contribution in [0.25, 0.3) is 0 Å². The smallest absolute Gasteiger partial charge is 0.328 e. The third-order valence-electron chi connectivity index (χ3n) is 2.90. The quantitative estimate of drug-likeness (QED) is 0.174. The van der Waals surface area contributed by atoms with Gasteiger partial charge in [0.05, 0.1) is 19.1 Å². The van der Waals surface area contributed by atoms with Crippen LogP contribution < -0.4 is 33.0 Å². The maximum absolute atomic E-state index is 11.9. The van der Waals surface area contributed by atoms with Gasteiger partial charge in [-0.15, -0.1) is 0 Å². The number of aliphatic carboxylic acids is 1. The predicted octanol–water partition coefficient (Wildman–Crippen LogP) is -5.17. The number of aliphatic hydroxyl groups excluding tert-OH is 2. The molecule has 14 nitrogen and oxygen atoms in total. The van der Waals surface area contributed by atoms with E-state index < -0.39 is 67.0 Å². The van der Waals surface area contributed by atoms with Crippen molar-refractivity contribution in [3.63, 3.8) is 0 Å². The second-order valence-corrected chi connectivity index (χ2v) is 5.16. The molecule has 0 aromatic rings. The van der Waals surface area contributed by atoms with Crippen LogP contribution in [0, 0.1) is 0 Å². The van der Waals surface area contributed by atoms with Crippen molar-refractivity contribution in [3.8, 4) is 0 Å². The second kappa shape index (κ2) is 10.8. The molecule has 4 atom stereocenters. The molecule has 0 unspecified atom stereocenters. The fourth-order valence-corrected chi connectivity index (χ4v) is 1.53. The summed E-state index contributed by atoms with van der Waals surface area (Å²) in [5.41, 5.74) is 13.9. The van der Waals surface area contributed by atoms with Gasteiger partial charge >= 0.3 is 12.0 Å². The van der Waals surface area contributed by atoms with Gasteiger partial charge in [-0.2, -0.15) is 0 Å². The topological polar surface area (TPSA) is 246 Å². The Hall–Kier alpha value is -2.97. The van der Waals surface area contributed by atoms with E-state index in [1.807, 2.05) is 21.5 Å². The molecule has 0 bridgehead atoms. The zero-order valence-corrected chi connectivity index (χ0v) is 13.8. The molecular formula is C12H22N6O8. The van der Waals surface area contributed by atoms with Crippen LogP contribution in [0.2, 0.25) is 0 Å². The van der Waals surface area contributed by atoms with E-state index in [-0.39, 0.29) is 0 Å². The summed E-state index contributed by atoms with van der Waals surface area (Å²) < 4.78 is 0. The van der Waals surface area contributed by atoms with Crippen molar-refractivity contribution in [1.82, 2.24) is 21.5 Å². The number of urea groups is 1. The third kappa shape index (κ3) is 8.22. The molecule has 0 saturated heterocycles. The molecule has 0 rings (SSSR count). The van der Waals surface area contributed by atoms with Crippen LogP contribution in [0.15, 0.2) is 0 Å². The number of carbonyl (C=O) groups excluding carboxylic acids is 4. The highest BCUT2D eigenvalue weighted by Gasteiger charge is 2.28. The van der Waals surface area contributed by atoms with Crippen LogP contribution in [-0.2, 0) is 19.2 Å². The number of primary amides is 1. The van der Waals surface area contributed by atoms with Crippen LogP contribution in [0.5, 0.6) is 0 Å². The van der Waals surface area contributed by atoms with E-state index in [2.05, 4.69) is 0 Å². The number of nitrogens with two attached hydrogens (primary N) is 2. The molecule has 0 aliphatic heterocycles. The molecule has 0 aliphatic carbocycles. The molecule has 26 heavy (non-hydrogen) atoms. The van der Waals surface area contributed by atoms with Crippen LogP contribution >= 0.6 is 0 Å². The Kier molecular flexibility index (Phi) is 9.57. The fourth-order valence-electron chi connectivity index (χ4n) is 1.53. The van der Waals surface area contributed by atoms with Crippen molar-refractivity contribution in [1.29, 1.82) is 0 Å². The summed E-state index contributed by atoms with van der Waals surface area (Å²) in [6.07, 6.45) is -2.12. The first-order chi connectivity index (χ1) is 12.0. The lowest BCUT2D eigenvalue weighted by molar-refractivity contribution is -0.141. The van der Waals surface area contributed by atoms with E-state index in [1.54, 1.807) is 0 Å². The lowest BCUT2D eigenvalue weighted by atomic mass is 10.1. The molecule has 0 heterocycles. The number of hydrogen-bond acceptors (Lipinski definition) is 8. The fraction of sp³-hybridized carbons (Fsp3) is 0.583. The van der Waals surface area contributed by atoms with Crippen molar-refractivity contribution in [2.75, 3.05) is 6.61 Å². The highest BCUT2D eigenvalue weighted by molar-refractivity contribution is 5.93. The molecule has 0 aromatic heterocycles. The van der Waals surface area contributed by atoms with E-state index in [4.69, 9.17) is 21.7 Å². The minimum atomic E-state index is -1.67. The van der Waals surface area contributed by atoms with Gasteiger partial charge in [-0.1, -0.05) is 0 Å². The Balaban J connectivity index is 4.90. The number of carboxylic acids is 1. The molecule has 11 N–H and O–H groups in total. The summed E-state index contributed by atoms with van der Waals surface area (Å²) in [5.74, 6) is -4.52. The maximum atomic E-state index is 11.9. The van der Waals surface area contributed by atoms with Gasteiger partial charge in [0, 0.05) is 0 Å². The first kappa shape index (κ1) is 23.0. The summed E-state index contributed by atoms with van der Waals surface area (Å²) in [7, 11) is 0. The Morgan fingerprint density at radius 2 is 1.58 bits per heavy atom. The number of rotatable bonds is 9. The third-order valence-corrected chi connectivity index (χ3v) is 2.90. The van der Waals surface area contributed by atoms with E-state index in [0.29, 0.717) is 0 Å². The zero-order valence-electron chi connectivity index (χ0n) is 13.8. The van der Waals surface area contributed by atoms with Crippen LogP contribution in [0.1, 0.15) is 13.3 Å². The van der Waals surface area contributed by atoms with Crippen LogP contribution in [-0.4, -0.2) is 75.9 Å². The SMILES string of the molecule is C[C@@H](O)[C@H](NC(=O)N[C@@H](CC(N)=O)C(=O)NNC(=O)[C@@H](N)CO)C(=O)O. The average Bonchev–Trinajstić information content (AvgIpc) is 2.54. The molecule has 0 aromatic carbocycles. The van der Waals surface area contributed by atoms with E-state index >= 15 is 0 Å². The lowest BCUT2D eigenvalue weighted by Crippen LogP contribution is -2.59. The Morgan fingerprint density at radius 3 is 2.00 bits per heavy atom. The number of aliphatic hydroxyl groups is 2. The van der Waals surface area contributed by atoms with Gasteiger partial charge in [-0.05, 0) is 6.92 Å². The number of nitrogens with one attached hydrogen (secondary N) is 4. The van der Waals surface area contributed by atoms with Gasteiger partial charge in [0.25, 0.3) is 11.8 Å². The molecule has 148 valence electrons.